The van der Waals surface area contributed by atoms with Crippen LogP contribution in [0, 0.1) is 11.2 Å². The predicted molar refractivity (Wildman–Crippen MR) is 124 cm³/mol. The zero-order valence-electron chi connectivity index (χ0n) is 19.0. The van der Waals surface area contributed by atoms with Crippen LogP contribution in [-0.4, -0.2) is 38.5 Å². The lowest BCUT2D eigenvalue weighted by molar-refractivity contribution is -0.135. The first-order valence-corrected chi connectivity index (χ1v) is 12.6. The maximum absolute atomic E-state index is 13.2. The molecule has 0 radical (unpaired) electrons. The number of hydrogen-bond donors (Lipinski definition) is 0. The predicted octanol–water partition coefficient (Wildman–Crippen LogP) is 5.19. The molecule has 0 bridgehead atoms. The average Bonchev–Trinajstić information content (AvgIpc) is 3.21. The zero-order valence-corrected chi connectivity index (χ0v) is 20.6. The Morgan fingerprint density at radius 3 is 2.52 bits per heavy atom. The molecule has 2 aromatic rings. The molecule has 1 saturated heterocycles. The average molecular weight is 498 g/mol. The second-order valence-electron chi connectivity index (χ2n) is 9.39. The highest BCUT2D eigenvalue weighted by molar-refractivity contribution is 7.87. The van der Waals surface area contributed by atoms with E-state index in [-0.39, 0.29) is 34.6 Å². The quantitative estimate of drug-likeness (QED) is 0.469. The van der Waals surface area contributed by atoms with Gasteiger partial charge in [0.05, 0.1) is 6.10 Å². The molecule has 3 rings (SSSR count). The van der Waals surface area contributed by atoms with E-state index in [9.17, 15) is 17.6 Å². The van der Waals surface area contributed by atoms with Crippen molar-refractivity contribution in [2.45, 2.75) is 57.6 Å². The first-order valence-electron chi connectivity index (χ1n) is 10.8. The van der Waals surface area contributed by atoms with Crippen molar-refractivity contribution in [2.24, 2.45) is 5.41 Å². The number of carbonyl (C=O) groups excluding carboxylic acids is 1. The summed E-state index contributed by atoms with van der Waals surface area (Å²) in [5.74, 6) is -0.557. The van der Waals surface area contributed by atoms with Gasteiger partial charge in [0.1, 0.15) is 16.5 Å². The lowest BCUT2D eigenvalue weighted by Gasteiger charge is -2.29. The fraction of sp³-hybridized carbons (Fsp3) is 0.458. The summed E-state index contributed by atoms with van der Waals surface area (Å²) in [5, 5.41) is 0.386. The summed E-state index contributed by atoms with van der Waals surface area (Å²) < 4.78 is 49.8. The van der Waals surface area contributed by atoms with Crippen LogP contribution in [0.25, 0.3) is 0 Å². The van der Waals surface area contributed by atoms with Gasteiger partial charge in [0, 0.05) is 36.7 Å². The van der Waals surface area contributed by atoms with Crippen molar-refractivity contribution in [2.75, 3.05) is 13.2 Å². The Balaban J connectivity index is 1.88. The van der Waals surface area contributed by atoms with Gasteiger partial charge in [-0.1, -0.05) is 32.4 Å². The van der Waals surface area contributed by atoms with E-state index in [1.54, 1.807) is 11.0 Å². The third-order valence-corrected chi connectivity index (χ3v) is 6.65. The zero-order chi connectivity index (χ0) is 24.2. The maximum atomic E-state index is 13.2. The highest BCUT2D eigenvalue weighted by Gasteiger charge is 2.27. The summed E-state index contributed by atoms with van der Waals surface area (Å²) in [6, 6.07) is 8.93. The van der Waals surface area contributed by atoms with Gasteiger partial charge >= 0.3 is 10.1 Å². The first-order chi connectivity index (χ1) is 15.4. The lowest BCUT2D eigenvalue weighted by Crippen LogP contribution is -2.38. The van der Waals surface area contributed by atoms with Gasteiger partial charge < -0.3 is 13.8 Å². The Bertz CT molecular complexity index is 1080. The van der Waals surface area contributed by atoms with Crippen molar-refractivity contribution in [1.82, 2.24) is 4.90 Å². The number of halogens is 2. The van der Waals surface area contributed by atoms with Crippen LogP contribution in [0.1, 0.15) is 45.6 Å². The Morgan fingerprint density at radius 2 is 1.91 bits per heavy atom. The molecule has 6 nitrogen and oxygen atoms in total. The molecule has 9 heteroatoms. The summed E-state index contributed by atoms with van der Waals surface area (Å²) in [4.78, 5) is 14.6. The molecule has 0 aromatic heterocycles. The van der Waals surface area contributed by atoms with Crippen molar-refractivity contribution in [3.63, 3.8) is 0 Å². The number of benzene rings is 2. The molecular weight excluding hydrogens is 469 g/mol. The maximum Gasteiger partial charge on any atom is 0.339 e. The minimum absolute atomic E-state index is 0.0598. The van der Waals surface area contributed by atoms with Gasteiger partial charge in [-0.05, 0) is 60.7 Å². The molecule has 0 N–H and O–H groups in total. The summed E-state index contributed by atoms with van der Waals surface area (Å²) >= 11 is 6.19. The highest BCUT2D eigenvalue weighted by Crippen LogP contribution is 2.29. The van der Waals surface area contributed by atoms with Crippen molar-refractivity contribution < 1.29 is 26.5 Å². The number of hydrogen-bond acceptors (Lipinski definition) is 5. The number of rotatable bonds is 8. The van der Waals surface area contributed by atoms with Gasteiger partial charge in [-0.15, -0.1) is 0 Å². The second kappa shape index (κ2) is 10.4. The van der Waals surface area contributed by atoms with Gasteiger partial charge in [-0.25, -0.2) is 4.39 Å². The molecule has 33 heavy (non-hydrogen) atoms. The van der Waals surface area contributed by atoms with Crippen molar-refractivity contribution in [1.29, 1.82) is 0 Å². The fourth-order valence-corrected chi connectivity index (χ4v) is 4.74. The van der Waals surface area contributed by atoms with E-state index < -0.39 is 15.9 Å². The molecule has 1 heterocycles. The van der Waals surface area contributed by atoms with Gasteiger partial charge in [0.2, 0.25) is 5.91 Å². The SMILES string of the molecule is CC(C)(C)CC(=O)N(Cc1cc(Cl)ccc1OS(=O)(=O)c1ccc(F)cc1)C[C@H]1CCCO1. The number of ether oxygens (including phenoxy) is 1. The Labute approximate surface area is 199 Å². The van der Waals surface area contributed by atoms with Crippen LogP contribution in [0.5, 0.6) is 5.75 Å². The molecule has 1 aliphatic heterocycles. The van der Waals surface area contributed by atoms with Crippen LogP contribution in [0.4, 0.5) is 4.39 Å². The number of amides is 1. The van der Waals surface area contributed by atoms with E-state index in [4.69, 9.17) is 20.5 Å². The van der Waals surface area contributed by atoms with Gasteiger partial charge in [-0.2, -0.15) is 8.42 Å². The van der Waals surface area contributed by atoms with Crippen LogP contribution >= 0.6 is 11.6 Å². The van der Waals surface area contributed by atoms with Crippen LogP contribution in [0.2, 0.25) is 5.02 Å². The van der Waals surface area contributed by atoms with Crippen molar-refractivity contribution in [3.8, 4) is 5.75 Å². The van der Waals surface area contributed by atoms with E-state index in [1.165, 1.54) is 12.1 Å². The van der Waals surface area contributed by atoms with Crippen LogP contribution in [-0.2, 0) is 26.2 Å². The minimum atomic E-state index is -4.21. The fourth-order valence-electron chi connectivity index (χ4n) is 3.58. The van der Waals surface area contributed by atoms with Gasteiger partial charge in [0.15, 0.2) is 0 Å². The molecular formula is C24H29ClFNO5S. The number of nitrogens with zero attached hydrogens (tertiary/aromatic N) is 1. The molecule has 1 fully saturated rings. The number of carbonyl (C=O) groups is 1. The second-order valence-corrected chi connectivity index (χ2v) is 11.4. The van der Waals surface area contributed by atoms with E-state index in [0.717, 1.165) is 37.1 Å². The summed E-state index contributed by atoms with van der Waals surface area (Å²) in [7, 11) is -4.21. The van der Waals surface area contributed by atoms with Crippen LogP contribution < -0.4 is 4.18 Å². The summed E-state index contributed by atoms with van der Waals surface area (Å²) in [5.41, 5.74) is 0.235. The normalized spacial score (nSPS) is 16.6. The highest BCUT2D eigenvalue weighted by atomic mass is 35.5. The minimum Gasteiger partial charge on any atom is -0.379 e. The Hall–Kier alpha value is -2.16. The van der Waals surface area contributed by atoms with E-state index in [0.29, 0.717) is 30.2 Å². The standard InChI is InChI=1S/C24H29ClFNO5S/c1-24(2,3)14-23(28)27(16-20-5-4-12-31-20)15-17-13-18(25)6-11-22(17)32-33(29,30)21-9-7-19(26)8-10-21/h6-11,13,20H,4-5,12,14-16H2,1-3H3/t20-/m1/s1. The smallest absolute Gasteiger partial charge is 0.339 e. The third-order valence-electron chi connectivity index (χ3n) is 5.17. The Morgan fingerprint density at radius 1 is 1.21 bits per heavy atom. The molecule has 2 aromatic carbocycles. The van der Waals surface area contributed by atoms with E-state index in [2.05, 4.69) is 0 Å². The largest absolute Gasteiger partial charge is 0.379 e. The molecule has 0 aliphatic carbocycles. The molecule has 0 spiro atoms. The summed E-state index contributed by atoms with van der Waals surface area (Å²) in [6.07, 6.45) is 2.05. The monoisotopic (exact) mass is 497 g/mol. The van der Waals surface area contributed by atoms with Crippen molar-refractivity contribution >= 4 is 27.6 Å². The molecule has 0 saturated carbocycles. The molecule has 1 amide bonds. The third kappa shape index (κ3) is 7.42. The van der Waals surface area contributed by atoms with E-state index >= 15 is 0 Å². The van der Waals surface area contributed by atoms with Gasteiger partial charge in [-0.3, -0.25) is 4.79 Å². The topological polar surface area (TPSA) is 72.9 Å². The van der Waals surface area contributed by atoms with Crippen LogP contribution in [0.15, 0.2) is 47.4 Å². The molecule has 1 aliphatic rings. The van der Waals surface area contributed by atoms with Crippen LogP contribution in [0.3, 0.4) is 0 Å². The molecule has 180 valence electrons. The van der Waals surface area contributed by atoms with Crippen molar-refractivity contribution in [3.05, 3.63) is 58.9 Å². The first kappa shape index (κ1) is 25.5. The lowest BCUT2D eigenvalue weighted by atomic mass is 9.91. The molecule has 1 atom stereocenters. The van der Waals surface area contributed by atoms with Gasteiger partial charge in [0.25, 0.3) is 0 Å². The molecule has 0 unspecified atom stereocenters. The summed E-state index contributed by atoms with van der Waals surface area (Å²) in [6.45, 7) is 7.12. The Kier molecular flexibility index (Phi) is 8.03. The van der Waals surface area contributed by atoms with E-state index in [1.807, 2.05) is 20.8 Å².